The van der Waals surface area contributed by atoms with Gasteiger partial charge in [0.2, 0.25) is 0 Å². The summed E-state index contributed by atoms with van der Waals surface area (Å²) in [7, 11) is 0. The molecule has 2 atom stereocenters. The average Bonchev–Trinajstić information content (AvgIpc) is 3.97. The van der Waals surface area contributed by atoms with Crippen LogP contribution in [0.5, 0.6) is 0 Å². The van der Waals surface area contributed by atoms with Crippen LogP contribution in [0.3, 0.4) is 0 Å². The highest BCUT2D eigenvalue weighted by atomic mass is 32.2. The normalized spacial score (nSPS) is 15.9. The predicted octanol–water partition coefficient (Wildman–Crippen LogP) is 14.6. The van der Waals surface area contributed by atoms with E-state index < -0.39 is 0 Å². The van der Waals surface area contributed by atoms with Gasteiger partial charge in [-0.2, -0.15) is 0 Å². The van der Waals surface area contributed by atoms with Crippen molar-refractivity contribution in [3.8, 4) is 33.8 Å². The molecule has 8 aromatic carbocycles. The summed E-state index contributed by atoms with van der Waals surface area (Å²) in [6.45, 7) is 0. The van der Waals surface area contributed by atoms with Crippen LogP contribution in [0, 0.1) is 0 Å². The lowest BCUT2D eigenvalue weighted by Crippen LogP contribution is -2.07. The van der Waals surface area contributed by atoms with Crippen molar-refractivity contribution in [2.75, 3.05) is 0 Å². The van der Waals surface area contributed by atoms with Crippen LogP contribution in [0.15, 0.2) is 205 Å². The summed E-state index contributed by atoms with van der Waals surface area (Å²) in [6, 6.07) is 64.6. The third-order valence-electron chi connectivity index (χ3n) is 12.6. The molecule has 3 nitrogen and oxygen atoms in total. The summed E-state index contributed by atoms with van der Waals surface area (Å²) in [5.74, 6) is 0.357. The molecule has 59 heavy (non-hydrogen) atoms. The fourth-order valence-corrected chi connectivity index (χ4v) is 11.4. The molecule has 13 rings (SSSR count). The smallest absolute Gasteiger partial charge is 0.0788 e. The van der Waals surface area contributed by atoms with Crippen LogP contribution in [0.2, 0.25) is 0 Å². The van der Waals surface area contributed by atoms with E-state index in [0.717, 1.165) is 39.3 Å². The van der Waals surface area contributed by atoms with Crippen LogP contribution in [0.1, 0.15) is 11.5 Å². The molecule has 1 aliphatic heterocycles. The Morgan fingerprint density at radius 2 is 0.932 bits per heavy atom. The lowest BCUT2D eigenvalue weighted by Gasteiger charge is -2.18. The number of aromatic nitrogens is 3. The van der Waals surface area contributed by atoms with Gasteiger partial charge in [-0.3, -0.25) is 0 Å². The second kappa shape index (κ2) is 12.7. The molecule has 0 spiro atoms. The molecule has 0 fully saturated rings. The Hall–Kier alpha value is -7.14. The van der Waals surface area contributed by atoms with Gasteiger partial charge in [0, 0.05) is 65.3 Å². The van der Waals surface area contributed by atoms with E-state index in [9.17, 15) is 0 Å². The third kappa shape index (κ3) is 4.87. The average molecular weight is 770 g/mol. The molecule has 276 valence electrons. The maximum Gasteiger partial charge on any atom is 0.0788 e. The minimum atomic E-state index is 0.357. The quantitative estimate of drug-likeness (QED) is 0.166. The van der Waals surface area contributed by atoms with Crippen LogP contribution in [-0.4, -0.2) is 19.4 Å². The fraction of sp³-hybridized carbons (Fsp3) is 0.0364. The highest BCUT2D eigenvalue weighted by Gasteiger charge is 2.33. The van der Waals surface area contributed by atoms with Crippen LogP contribution in [-0.2, 0) is 0 Å². The number of allylic oxidation sites excluding steroid dienone is 3. The molecule has 0 bridgehead atoms. The highest BCUT2D eigenvalue weighted by Crippen LogP contribution is 2.52. The standard InChI is InChI=1S/C55H35N3S/c1-7-19-46-43(17-1)53-45(29-30-52-54(53)44-18-6-12-24-51(44)59-52)55(56-46)35-27-25-34(26-28-35)36-31-37(57-47-20-8-2-13-39(47)40-14-3-9-21-48(40)57)33-38(32-36)58-49-22-10-4-15-41(49)42-16-5-11-23-50(42)58/h1-33,44,51H. The van der Waals surface area contributed by atoms with Gasteiger partial charge < -0.3 is 9.13 Å². The number of thioether (sulfide) groups is 1. The first-order valence-corrected chi connectivity index (χ1v) is 21.2. The van der Waals surface area contributed by atoms with E-state index in [1.54, 1.807) is 0 Å². The zero-order valence-corrected chi connectivity index (χ0v) is 32.8. The van der Waals surface area contributed by atoms with Gasteiger partial charge in [0.05, 0.1) is 33.3 Å². The minimum absolute atomic E-state index is 0.357. The van der Waals surface area contributed by atoms with Gasteiger partial charge in [-0.05, 0) is 76.7 Å². The molecule has 11 aromatic rings. The third-order valence-corrected chi connectivity index (χ3v) is 14.0. The van der Waals surface area contributed by atoms with Gasteiger partial charge in [-0.1, -0.05) is 146 Å². The van der Waals surface area contributed by atoms with Crippen LogP contribution >= 0.6 is 11.8 Å². The molecule has 1 aliphatic carbocycles. The van der Waals surface area contributed by atoms with Crippen molar-refractivity contribution in [3.05, 3.63) is 206 Å². The van der Waals surface area contributed by atoms with Gasteiger partial charge in [0.1, 0.15) is 0 Å². The number of hydrogen-bond donors (Lipinski definition) is 0. The van der Waals surface area contributed by atoms with E-state index in [1.807, 2.05) is 11.8 Å². The van der Waals surface area contributed by atoms with Crippen molar-refractivity contribution in [1.82, 2.24) is 14.1 Å². The predicted molar refractivity (Wildman–Crippen MR) is 249 cm³/mol. The number of rotatable bonds is 4. The molecule has 4 heteroatoms. The van der Waals surface area contributed by atoms with Crippen molar-refractivity contribution in [1.29, 1.82) is 0 Å². The van der Waals surface area contributed by atoms with E-state index in [-0.39, 0.29) is 0 Å². The lowest BCUT2D eigenvalue weighted by atomic mass is 9.86. The number of fused-ring (bicyclic) bond motifs is 13. The second-order valence-electron chi connectivity index (χ2n) is 15.8. The summed E-state index contributed by atoms with van der Waals surface area (Å²) in [5.41, 5.74) is 14.0. The summed E-state index contributed by atoms with van der Waals surface area (Å²) < 4.78 is 4.87. The highest BCUT2D eigenvalue weighted by molar-refractivity contribution is 8.00. The maximum absolute atomic E-state index is 5.37. The number of hydrogen-bond acceptors (Lipinski definition) is 2. The molecule has 3 aromatic heterocycles. The van der Waals surface area contributed by atoms with E-state index in [0.29, 0.717) is 11.2 Å². The van der Waals surface area contributed by atoms with Gasteiger partial charge >= 0.3 is 0 Å². The molecule has 0 amide bonds. The van der Waals surface area contributed by atoms with Crippen LogP contribution < -0.4 is 0 Å². The Morgan fingerprint density at radius 1 is 0.424 bits per heavy atom. The van der Waals surface area contributed by atoms with Crippen molar-refractivity contribution in [3.63, 3.8) is 0 Å². The Kier molecular flexibility index (Phi) is 7.07. The summed E-state index contributed by atoms with van der Waals surface area (Å²) in [5, 5.41) is 9.21. The van der Waals surface area contributed by atoms with E-state index in [1.165, 1.54) is 70.2 Å². The molecule has 0 saturated heterocycles. The van der Waals surface area contributed by atoms with Crippen LogP contribution in [0.4, 0.5) is 0 Å². The Morgan fingerprint density at radius 3 is 1.53 bits per heavy atom. The molecule has 0 saturated carbocycles. The minimum Gasteiger partial charge on any atom is -0.309 e. The first kappa shape index (κ1) is 32.9. The van der Waals surface area contributed by atoms with E-state index in [4.69, 9.17) is 4.98 Å². The topological polar surface area (TPSA) is 22.8 Å². The zero-order chi connectivity index (χ0) is 38.6. The van der Waals surface area contributed by atoms with Gasteiger partial charge in [-0.15, -0.1) is 11.8 Å². The van der Waals surface area contributed by atoms with Crippen molar-refractivity contribution in [2.45, 2.75) is 16.1 Å². The van der Waals surface area contributed by atoms with Crippen molar-refractivity contribution < 1.29 is 0 Å². The molecule has 2 unspecified atom stereocenters. The first-order chi connectivity index (χ1) is 29.3. The first-order valence-electron chi connectivity index (χ1n) is 20.4. The Labute approximate surface area is 345 Å². The largest absolute Gasteiger partial charge is 0.309 e. The van der Waals surface area contributed by atoms with Gasteiger partial charge in [-0.25, -0.2) is 4.98 Å². The SMILES string of the molecule is C1=CC2Sc3ccc4c(-c5ccc(-c6cc(-n7c8ccccc8c8ccccc87)cc(-n7c8ccccc8c8ccccc87)c6)cc5)nc5ccccc5c4c3C2C=C1. The van der Waals surface area contributed by atoms with Crippen LogP contribution in [0.25, 0.3) is 99.0 Å². The summed E-state index contributed by atoms with van der Waals surface area (Å²) in [6.07, 6.45) is 9.14. The zero-order valence-electron chi connectivity index (χ0n) is 32.0. The maximum atomic E-state index is 5.37. The fourth-order valence-electron chi connectivity index (χ4n) is 10.1. The number of pyridine rings is 1. The molecule has 0 radical (unpaired) electrons. The molecule has 4 heterocycles. The van der Waals surface area contributed by atoms with Gasteiger partial charge in [0.15, 0.2) is 0 Å². The number of para-hydroxylation sites is 5. The second-order valence-corrected chi connectivity index (χ2v) is 17.0. The summed E-state index contributed by atoms with van der Waals surface area (Å²) in [4.78, 5) is 6.75. The van der Waals surface area contributed by atoms with E-state index in [2.05, 4.69) is 209 Å². The number of benzene rings is 8. The van der Waals surface area contributed by atoms with E-state index >= 15 is 0 Å². The molecule has 0 N–H and O–H groups in total. The Bertz CT molecular complexity index is 3360. The molecular weight excluding hydrogens is 735 g/mol. The van der Waals surface area contributed by atoms with Crippen molar-refractivity contribution >= 4 is 77.0 Å². The molecular formula is C55H35N3S. The lowest BCUT2D eigenvalue weighted by molar-refractivity contribution is 0.891. The van der Waals surface area contributed by atoms with Gasteiger partial charge in [0.25, 0.3) is 0 Å². The molecule has 2 aliphatic rings. The number of nitrogens with zero attached hydrogens (tertiary/aromatic N) is 3. The Balaban J connectivity index is 1.03. The summed E-state index contributed by atoms with van der Waals surface area (Å²) >= 11 is 1.98. The monoisotopic (exact) mass is 769 g/mol. The van der Waals surface area contributed by atoms with Crippen molar-refractivity contribution in [2.24, 2.45) is 0 Å².